The zero-order valence-corrected chi connectivity index (χ0v) is 8.69. The second-order valence-electron chi connectivity index (χ2n) is 3.28. The molecule has 1 aromatic rings. The summed E-state index contributed by atoms with van der Waals surface area (Å²) in [6, 6.07) is 9.41. The van der Waals surface area contributed by atoms with Crippen LogP contribution in [-0.4, -0.2) is 12.4 Å². The van der Waals surface area contributed by atoms with Gasteiger partial charge in [0.1, 0.15) is 11.5 Å². The highest BCUT2D eigenvalue weighted by Crippen LogP contribution is 2.12. The van der Waals surface area contributed by atoms with Gasteiger partial charge in [0.25, 0.3) is 0 Å². The fourth-order valence-electron chi connectivity index (χ4n) is 1.11. The van der Waals surface area contributed by atoms with Crippen LogP contribution >= 0.6 is 0 Å². The quantitative estimate of drug-likeness (QED) is 0.736. The molecule has 0 saturated heterocycles. The third-order valence-corrected chi connectivity index (χ3v) is 1.93. The van der Waals surface area contributed by atoms with Crippen LogP contribution in [0.4, 0.5) is 0 Å². The summed E-state index contributed by atoms with van der Waals surface area (Å²) in [5, 5.41) is 8.47. The largest absolute Gasteiger partial charge is 0.493 e. The highest BCUT2D eigenvalue weighted by Gasteiger charge is 1.97. The van der Waals surface area contributed by atoms with Crippen LogP contribution in [0.5, 0.6) is 5.75 Å². The molecule has 0 atom stereocenters. The number of hydrogen-bond donors (Lipinski definition) is 0. The van der Waals surface area contributed by atoms with Crippen molar-refractivity contribution in [2.45, 2.75) is 19.8 Å². The van der Waals surface area contributed by atoms with Crippen LogP contribution in [-0.2, 0) is 11.2 Å². The van der Waals surface area contributed by atoms with E-state index in [9.17, 15) is 4.79 Å². The number of nitrogens with zero attached hydrogens (tertiary/aromatic N) is 1. The zero-order valence-electron chi connectivity index (χ0n) is 8.69. The summed E-state index contributed by atoms with van der Waals surface area (Å²) >= 11 is 0. The minimum atomic E-state index is 0.121. The Morgan fingerprint density at radius 3 is 2.60 bits per heavy atom. The molecular weight excluding hydrogens is 190 g/mol. The molecule has 1 rings (SSSR count). The lowest BCUT2D eigenvalue weighted by Crippen LogP contribution is -2.02. The molecule has 0 heterocycles. The average molecular weight is 203 g/mol. The maximum atomic E-state index is 10.7. The fourth-order valence-corrected chi connectivity index (χ4v) is 1.11. The van der Waals surface area contributed by atoms with Gasteiger partial charge in [-0.15, -0.1) is 0 Å². The van der Waals surface area contributed by atoms with Crippen LogP contribution in [0, 0.1) is 11.3 Å². The normalized spacial score (nSPS) is 9.33. The van der Waals surface area contributed by atoms with Crippen LogP contribution in [0.1, 0.15) is 18.9 Å². The molecule has 0 amide bonds. The van der Waals surface area contributed by atoms with Gasteiger partial charge in [0.15, 0.2) is 0 Å². The van der Waals surface area contributed by atoms with Crippen LogP contribution in [0.25, 0.3) is 0 Å². The van der Waals surface area contributed by atoms with E-state index >= 15 is 0 Å². The Labute approximate surface area is 89.3 Å². The second kappa shape index (κ2) is 5.82. The first-order chi connectivity index (χ1) is 7.22. The average Bonchev–Trinajstić information content (AvgIpc) is 2.20. The van der Waals surface area contributed by atoms with Crippen LogP contribution in [0.3, 0.4) is 0 Å². The molecule has 0 N–H and O–H groups in total. The summed E-state index contributed by atoms with van der Waals surface area (Å²) in [6.45, 7) is 1.95. The zero-order chi connectivity index (χ0) is 11.1. The van der Waals surface area contributed by atoms with Gasteiger partial charge in [0, 0.05) is 6.42 Å². The number of rotatable bonds is 5. The van der Waals surface area contributed by atoms with Crippen molar-refractivity contribution >= 4 is 5.78 Å². The molecule has 3 heteroatoms. The lowest BCUT2D eigenvalue weighted by molar-refractivity contribution is -0.117. The summed E-state index contributed by atoms with van der Waals surface area (Å²) in [4.78, 5) is 10.7. The molecule has 0 unspecified atom stereocenters. The van der Waals surface area contributed by atoms with E-state index in [1.165, 1.54) is 0 Å². The van der Waals surface area contributed by atoms with Gasteiger partial charge < -0.3 is 4.74 Å². The van der Waals surface area contributed by atoms with Gasteiger partial charge in [-0.3, -0.25) is 4.79 Å². The summed E-state index contributed by atoms with van der Waals surface area (Å²) in [7, 11) is 0. The van der Waals surface area contributed by atoms with Gasteiger partial charge in [-0.05, 0) is 24.6 Å². The Kier molecular flexibility index (Phi) is 4.36. The third kappa shape index (κ3) is 4.28. The number of carbonyl (C=O) groups is 1. The second-order valence-corrected chi connectivity index (χ2v) is 3.28. The van der Waals surface area contributed by atoms with E-state index < -0.39 is 0 Å². The van der Waals surface area contributed by atoms with Gasteiger partial charge in [0.05, 0.1) is 19.1 Å². The first kappa shape index (κ1) is 11.3. The molecule has 78 valence electrons. The Hall–Kier alpha value is -1.82. The first-order valence-corrected chi connectivity index (χ1v) is 4.80. The van der Waals surface area contributed by atoms with Crippen molar-refractivity contribution in [3.05, 3.63) is 29.8 Å². The summed E-state index contributed by atoms with van der Waals surface area (Å²) < 4.78 is 5.35. The van der Waals surface area contributed by atoms with Crippen molar-refractivity contribution in [1.29, 1.82) is 5.26 Å². The van der Waals surface area contributed by atoms with E-state index in [4.69, 9.17) is 10.00 Å². The van der Waals surface area contributed by atoms with E-state index in [2.05, 4.69) is 6.07 Å². The molecule has 0 bridgehead atoms. The third-order valence-electron chi connectivity index (χ3n) is 1.93. The number of hydrogen-bond acceptors (Lipinski definition) is 3. The summed E-state index contributed by atoms with van der Waals surface area (Å²) in [6.07, 6.45) is 0.841. The number of ether oxygens (including phenoxy) is 1. The van der Waals surface area contributed by atoms with Gasteiger partial charge in [-0.2, -0.15) is 5.26 Å². The maximum absolute atomic E-state index is 10.7. The van der Waals surface area contributed by atoms with Gasteiger partial charge in [0.2, 0.25) is 0 Å². The van der Waals surface area contributed by atoms with E-state index in [0.717, 1.165) is 11.3 Å². The summed E-state index contributed by atoms with van der Waals surface area (Å²) in [5.41, 5.74) is 0.969. The minimum Gasteiger partial charge on any atom is -0.493 e. The predicted molar refractivity (Wildman–Crippen MR) is 56.6 cm³/mol. The molecule has 0 aliphatic heterocycles. The number of ketones is 1. The van der Waals surface area contributed by atoms with Gasteiger partial charge >= 0.3 is 0 Å². The monoisotopic (exact) mass is 203 g/mol. The molecular formula is C12H13NO2. The Balaban J connectivity index is 2.43. The number of nitriles is 1. The highest BCUT2D eigenvalue weighted by atomic mass is 16.5. The molecule has 0 radical (unpaired) electrons. The molecule has 0 aliphatic rings. The molecule has 0 saturated carbocycles. The Bertz CT molecular complexity index is 362. The predicted octanol–water partition coefficient (Wildman–Crippen LogP) is 2.11. The maximum Gasteiger partial charge on any atom is 0.133 e. The lowest BCUT2D eigenvalue weighted by Gasteiger charge is -2.04. The van der Waals surface area contributed by atoms with E-state index in [-0.39, 0.29) is 5.78 Å². The standard InChI is InChI=1S/C12H13NO2/c1-10(14)7-9-15-12-4-2-11(3-5-12)6-8-13/h2-5H,6-7,9H2,1H3. The molecule has 15 heavy (non-hydrogen) atoms. The van der Waals surface area contributed by atoms with Crippen molar-refractivity contribution in [1.82, 2.24) is 0 Å². The number of Topliss-reactive ketones (excluding diaryl/α,β-unsaturated/α-hetero) is 1. The van der Waals surface area contributed by atoms with E-state index in [1.54, 1.807) is 6.92 Å². The van der Waals surface area contributed by atoms with E-state index in [1.807, 2.05) is 24.3 Å². The minimum absolute atomic E-state index is 0.121. The van der Waals surface area contributed by atoms with Crippen LogP contribution in [0.2, 0.25) is 0 Å². The van der Waals surface area contributed by atoms with Crippen molar-refractivity contribution in [2.24, 2.45) is 0 Å². The molecule has 3 nitrogen and oxygen atoms in total. The topological polar surface area (TPSA) is 50.1 Å². The fraction of sp³-hybridized carbons (Fsp3) is 0.333. The smallest absolute Gasteiger partial charge is 0.133 e. The van der Waals surface area contributed by atoms with Crippen LogP contribution < -0.4 is 4.74 Å². The summed E-state index contributed by atoms with van der Waals surface area (Å²) in [5.74, 6) is 0.856. The SMILES string of the molecule is CC(=O)CCOc1ccc(CC#N)cc1. The van der Waals surface area contributed by atoms with Crippen molar-refractivity contribution in [3.8, 4) is 11.8 Å². The van der Waals surface area contributed by atoms with Crippen molar-refractivity contribution < 1.29 is 9.53 Å². The molecule has 0 fully saturated rings. The Morgan fingerprint density at radius 2 is 2.07 bits per heavy atom. The van der Waals surface area contributed by atoms with E-state index in [0.29, 0.717) is 19.4 Å². The van der Waals surface area contributed by atoms with Crippen molar-refractivity contribution in [3.63, 3.8) is 0 Å². The van der Waals surface area contributed by atoms with Gasteiger partial charge in [-0.1, -0.05) is 12.1 Å². The number of carbonyl (C=O) groups excluding carboxylic acids is 1. The lowest BCUT2D eigenvalue weighted by atomic mass is 10.2. The van der Waals surface area contributed by atoms with Gasteiger partial charge in [-0.25, -0.2) is 0 Å². The molecule has 0 aliphatic carbocycles. The first-order valence-electron chi connectivity index (χ1n) is 4.80. The van der Waals surface area contributed by atoms with Crippen molar-refractivity contribution in [2.75, 3.05) is 6.61 Å². The molecule has 0 aromatic heterocycles. The highest BCUT2D eigenvalue weighted by molar-refractivity contribution is 5.75. The Morgan fingerprint density at radius 1 is 1.40 bits per heavy atom. The number of benzene rings is 1. The van der Waals surface area contributed by atoms with Crippen LogP contribution in [0.15, 0.2) is 24.3 Å². The molecule has 1 aromatic carbocycles. The molecule has 0 spiro atoms.